The first-order valence-electron chi connectivity index (χ1n) is 3.11. The van der Waals surface area contributed by atoms with Crippen molar-refractivity contribution < 1.29 is 10.4 Å². The Morgan fingerprint density at radius 3 is 2.83 bits per heavy atom. The molecule has 0 aromatic carbocycles. The maximum absolute atomic E-state index is 8.69. The lowest BCUT2D eigenvalue weighted by molar-refractivity contribution is 0.0275. The predicted molar refractivity (Wildman–Crippen MR) is 37.7 cm³/mol. The molecule has 12 heavy (non-hydrogen) atoms. The van der Waals surface area contributed by atoms with E-state index in [1.54, 1.807) is 0 Å². The van der Waals surface area contributed by atoms with E-state index in [0.29, 0.717) is 11.2 Å². The fourth-order valence-electron chi connectivity index (χ4n) is 0.904. The first-order chi connectivity index (χ1) is 5.79. The van der Waals surface area contributed by atoms with Crippen molar-refractivity contribution in [2.24, 2.45) is 0 Å². The Morgan fingerprint density at radius 2 is 2.08 bits per heavy atom. The molecule has 0 radical (unpaired) electrons. The molecule has 0 aliphatic carbocycles. The van der Waals surface area contributed by atoms with E-state index >= 15 is 0 Å². The van der Waals surface area contributed by atoms with Gasteiger partial charge in [0.05, 0.1) is 6.33 Å². The second-order valence-electron chi connectivity index (χ2n) is 2.09. The van der Waals surface area contributed by atoms with Crippen LogP contribution in [0.25, 0.3) is 11.2 Å². The van der Waals surface area contributed by atoms with Crippen LogP contribution in [0.2, 0.25) is 0 Å². The number of imidazole rings is 1. The smallest absolute Gasteiger partial charge is 0.212 e. The number of aromatic nitrogens is 4. The largest absolute Gasteiger partial charge is 0.340 e. The average molecular weight is 167 g/mol. The molecule has 7 nitrogen and oxygen atoms in total. The summed E-state index contributed by atoms with van der Waals surface area (Å²) in [4.78, 5) is 13.9. The Balaban J connectivity index is 2.73. The van der Waals surface area contributed by atoms with Crippen molar-refractivity contribution in [2.45, 2.75) is 0 Å². The van der Waals surface area contributed by atoms with E-state index in [1.807, 2.05) is 0 Å². The number of anilines is 1. The van der Waals surface area contributed by atoms with Gasteiger partial charge in [-0.25, -0.2) is 15.0 Å². The molecular weight excluding hydrogens is 162 g/mol. The summed E-state index contributed by atoms with van der Waals surface area (Å²) >= 11 is 0. The first kappa shape index (κ1) is 6.95. The lowest BCUT2D eigenvalue weighted by Gasteiger charge is -2.05. The van der Waals surface area contributed by atoms with E-state index in [-0.39, 0.29) is 11.0 Å². The van der Waals surface area contributed by atoms with E-state index in [2.05, 4.69) is 19.9 Å². The summed E-state index contributed by atoms with van der Waals surface area (Å²) in [5, 5.41) is 17.3. The summed E-state index contributed by atoms with van der Waals surface area (Å²) in [6.45, 7) is 0. The normalized spacial score (nSPS) is 10.5. The van der Waals surface area contributed by atoms with Gasteiger partial charge in [-0.15, -0.1) is 5.23 Å². The van der Waals surface area contributed by atoms with Crippen LogP contribution in [0.4, 0.5) is 5.82 Å². The van der Waals surface area contributed by atoms with Crippen LogP contribution in [0.15, 0.2) is 12.7 Å². The number of aromatic amines is 1. The zero-order valence-corrected chi connectivity index (χ0v) is 5.84. The fraction of sp³-hybridized carbons (Fsp3) is 0. The van der Waals surface area contributed by atoms with Crippen molar-refractivity contribution >= 4 is 17.0 Å². The van der Waals surface area contributed by atoms with Gasteiger partial charge in [-0.1, -0.05) is 0 Å². The van der Waals surface area contributed by atoms with Crippen LogP contribution in [-0.2, 0) is 0 Å². The monoisotopic (exact) mass is 167 g/mol. The lowest BCUT2D eigenvalue weighted by atomic mass is 10.5. The molecule has 0 saturated heterocycles. The van der Waals surface area contributed by atoms with E-state index in [9.17, 15) is 0 Å². The van der Waals surface area contributed by atoms with Gasteiger partial charge in [-0.05, 0) is 0 Å². The van der Waals surface area contributed by atoms with Gasteiger partial charge in [0.25, 0.3) is 0 Å². The summed E-state index contributed by atoms with van der Waals surface area (Å²) in [5.74, 6) is -0.0301. The predicted octanol–water partition coefficient (Wildman–Crippen LogP) is -0.0623. The number of hydrogen-bond acceptors (Lipinski definition) is 6. The maximum Gasteiger partial charge on any atom is 0.212 e. The van der Waals surface area contributed by atoms with E-state index in [0.717, 1.165) is 0 Å². The van der Waals surface area contributed by atoms with Crippen molar-refractivity contribution in [3.05, 3.63) is 12.7 Å². The molecule has 0 amide bonds. The highest BCUT2D eigenvalue weighted by atomic mass is 16.8. The Labute approximate surface area is 66.2 Å². The topological polar surface area (TPSA) is 98.2 Å². The third-order valence-corrected chi connectivity index (χ3v) is 1.39. The van der Waals surface area contributed by atoms with Gasteiger partial charge in [0.1, 0.15) is 11.8 Å². The summed E-state index contributed by atoms with van der Waals surface area (Å²) in [6, 6.07) is 0. The molecule has 62 valence electrons. The second-order valence-corrected chi connectivity index (χ2v) is 2.09. The minimum Gasteiger partial charge on any atom is -0.340 e. The standard InChI is InChI=1S/C5H5N5O2/c11-10(12)5-3-4(7-1-6-3)8-2-9-5/h1-2,11-12H,(H,6,7,8,9). The summed E-state index contributed by atoms with van der Waals surface area (Å²) in [7, 11) is 0. The Kier molecular flexibility index (Phi) is 1.39. The van der Waals surface area contributed by atoms with Gasteiger partial charge < -0.3 is 4.98 Å². The highest BCUT2D eigenvalue weighted by Crippen LogP contribution is 2.15. The molecule has 0 atom stereocenters. The molecule has 2 rings (SSSR count). The van der Waals surface area contributed by atoms with Crippen LogP contribution in [0.3, 0.4) is 0 Å². The number of H-pyrrole nitrogens is 1. The first-order valence-corrected chi connectivity index (χ1v) is 3.11. The minimum atomic E-state index is -0.0812. The summed E-state index contributed by atoms with van der Waals surface area (Å²) in [6.07, 6.45) is 2.59. The zero-order valence-electron chi connectivity index (χ0n) is 5.84. The number of nitrogens with one attached hydrogen (secondary N) is 1. The minimum absolute atomic E-state index is 0.0301. The Morgan fingerprint density at radius 1 is 1.25 bits per heavy atom. The second kappa shape index (κ2) is 2.40. The van der Waals surface area contributed by atoms with Crippen LogP contribution in [0.1, 0.15) is 0 Å². The average Bonchev–Trinajstić information content (AvgIpc) is 2.49. The summed E-state index contributed by atoms with van der Waals surface area (Å²) < 4.78 is 0. The van der Waals surface area contributed by atoms with Gasteiger partial charge in [-0.3, -0.25) is 10.4 Å². The number of hydrogen-bond donors (Lipinski definition) is 3. The highest BCUT2D eigenvalue weighted by molar-refractivity contribution is 5.81. The van der Waals surface area contributed by atoms with Crippen LogP contribution >= 0.6 is 0 Å². The van der Waals surface area contributed by atoms with Gasteiger partial charge in [0.15, 0.2) is 5.65 Å². The van der Waals surface area contributed by atoms with Crippen LogP contribution in [-0.4, -0.2) is 30.4 Å². The number of fused-ring (bicyclic) bond motifs is 1. The van der Waals surface area contributed by atoms with Crippen molar-refractivity contribution in [3.8, 4) is 0 Å². The molecule has 3 N–H and O–H groups in total. The number of nitrogens with zero attached hydrogens (tertiary/aromatic N) is 4. The van der Waals surface area contributed by atoms with E-state index in [1.165, 1.54) is 12.7 Å². The zero-order chi connectivity index (χ0) is 8.55. The number of rotatable bonds is 1. The molecule has 2 aromatic rings. The molecule has 0 unspecified atom stereocenters. The SMILES string of the molecule is ON(O)c1ncnc2nc[nH]c12. The molecule has 0 fully saturated rings. The maximum atomic E-state index is 8.69. The van der Waals surface area contributed by atoms with E-state index in [4.69, 9.17) is 10.4 Å². The van der Waals surface area contributed by atoms with Crippen molar-refractivity contribution in [3.63, 3.8) is 0 Å². The molecular formula is C5H5N5O2. The fourth-order valence-corrected chi connectivity index (χ4v) is 0.904. The van der Waals surface area contributed by atoms with Crippen LogP contribution in [0.5, 0.6) is 0 Å². The molecule has 0 saturated carbocycles. The highest BCUT2D eigenvalue weighted by Gasteiger charge is 2.08. The lowest BCUT2D eigenvalue weighted by Crippen LogP contribution is -2.13. The molecule has 0 aliphatic heterocycles. The van der Waals surface area contributed by atoms with Crippen LogP contribution in [0, 0.1) is 0 Å². The summed E-state index contributed by atoms with van der Waals surface area (Å²) in [5.41, 5.74) is 0.760. The molecule has 0 bridgehead atoms. The van der Waals surface area contributed by atoms with Crippen molar-refractivity contribution in [1.29, 1.82) is 0 Å². The molecule has 7 heteroatoms. The molecule has 2 heterocycles. The molecule has 0 aliphatic rings. The Bertz CT molecular complexity index is 397. The van der Waals surface area contributed by atoms with Gasteiger partial charge in [0, 0.05) is 0 Å². The Hall–Kier alpha value is -1.73. The third-order valence-electron chi connectivity index (χ3n) is 1.39. The van der Waals surface area contributed by atoms with Crippen LogP contribution < -0.4 is 5.23 Å². The van der Waals surface area contributed by atoms with E-state index < -0.39 is 0 Å². The van der Waals surface area contributed by atoms with Crippen molar-refractivity contribution in [2.75, 3.05) is 5.23 Å². The molecule has 0 spiro atoms. The quantitative estimate of drug-likeness (QED) is 0.514. The molecule has 2 aromatic heterocycles. The van der Waals surface area contributed by atoms with Crippen molar-refractivity contribution in [1.82, 2.24) is 19.9 Å². The van der Waals surface area contributed by atoms with Gasteiger partial charge in [0.2, 0.25) is 5.82 Å². The van der Waals surface area contributed by atoms with Gasteiger partial charge >= 0.3 is 0 Å². The van der Waals surface area contributed by atoms with Gasteiger partial charge in [-0.2, -0.15) is 0 Å². The third kappa shape index (κ3) is 0.881.